The third-order valence-corrected chi connectivity index (χ3v) is 2.97. The predicted molar refractivity (Wildman–Crippen MR) is 49.7 cm³/mol. The molecular formula is C11H13FO. The van der Waals surface area contributed by atoms with Crippen molar-refractivity contribution >= 4 is 0 Å². The molecule has 1 aromatic rings. The highest BCUT2D eigenvalue weighted by molar-refractivity contribution is 5.44. The maximum absolute atomic E-state index is 13.5. The first kappa shape index (κ1) is 8.54. The Morgan fingerprint density at radius 1 is 1.46 bits per heavy atom. The molecule has 0 heterocycles. The molecule has 1 unspecified atom stereocenters. The molecule has 0 radical (unpaired) electrons. The Balaban J connectivity index is 2.55. The van der Waals surface area contributed by atoms with Gasteiger partial charge in [-0.25, -0.2) is 4.39 Å². The number of hydrogen-bond acceptors (Lipinski definition) is 1. The molecule has 2 rings (SSSR count). The zero-order valence-corrected chi connectivity index (χ0v) is 7.84. The molecule has 0 saturated carbocycles. The molecule has 2 heteroatoms. The molecule has 0 aliphatic heterocycles. The minimum absolute atomic E-state index is 0.226. The van der Waals surface area contributed by atoms with Gasteiger partial charge in [-0.2, -0.15) is 0 Å². The van der Waals surface area contributed by atoms with Gasteiger partial charge in [-0.3, -0.25) is 0 Å². The standard InChI is InChI=1S/C11H13FO/c1-11(2)9-4-3-8(13)5-7(9)6-10(11)12/h3-5,10,13H,6H2,1-2H3. The van der Waals surface area contributed by atoms with Crippen molar-refractivity contribution in [2.45, 2.75) is 31.9 Å². The van der Waals surface area contributed by atoms with E-state index in [1.54, 1.807) is 12.1 Å². The monoisotopic (exact) mass is 180 g/mol. The normalized spacial score (nSPS) is 24.4. The lowest BCUT2D eigenvalue weighted by Crippen LogP contribution is -2.24. The molecule has 1 atom stereocenters. The summed E-state index contributed by atoms with van der Waals surface area (Å²) < 4.78 is 13.5. The van der Waals surface area contributed by atoms with Crippen LogP contribution < -0.4 is 0 Å². The van der Waals surface area contributed by atoms with Gasteiger partial charge in [0.15, 0.2) is 0 Å². The van der Waals surface area contributed by atoms with Gasteiger partial charge in [0.05, 0.1) is 0 Å². The maximum atomic E-state index is 13.5. The largest absolute Gasteiger partial charge is 0.508 e. The average Bonchev–Trinajstić information content (AvgIpc) is 2.23. The lowest BCUT2D eigenvalue weighted by atomic mass is 9.85. The molecule has 1 aromatic carbocycles. The molecule has 0 saturated heterocycles. The topological polar surface area (TPSA) is 20.2 Å². The van der Waals surface area contributed by atoms with Crippen LogP contribution in [0.15, 0.2) is 18.2 Å². The van der Waals surface area contributed by atoms with Gasteiger partial charge in [-0.15, -0.1) is 0 Å². The maximum Gasteiger partial charge on any atom is 0.115 e. The molecule has 70 valence electrons. The summed E-state index contributed by atoms with van der Waals surface area (Å²) in [7, 11) is 0. The van der Waals surface area contributed by atoms with Crippen molar-refractivity contribution in [2.75, 3.05) is 0 Å². The Morgan fingerprint density at radius 2 is 2.15 bits per heavy atom. The number of benzene rings is 1. The van der Waals surface area contributed by atoms with E-state index >= 15 is 0 Å². The minimum atomic E-state index is -0.829. The predicted octanol–water partition coefficient (Wildman–Crippen LogP) is 2.56. The number of hydrogen-bond donors (Lipinski definition) is 1. The van der Waals surface area contributed by atoms with Gasteiger partial charge in [-0.05, 0) is 23.3 Å². The summed E-state index contributed by atoms with van der Waals surface area (Å²) in [6.07, 6.45) is -0.402. The SMILES string of the molecule is CC1(C)c2ccc(O)cc2CC1F. The Morgan fingerprint density at radius 3 is 2.85 bits per heavy atom. The lowest BCUT2D eigenvalue weighted by Gasteiger charge is -2.21. The highest BCUT2D eigenvalue weighted by Crippen LogP contribution is 2.41. The van der Waals surface area contributed by atoms with Crippen LogP contribution in [0.3, 0.4) is 0 Å². The first-order valence-corrected chi connectivity index (χ1v) is 4.48. The Kier molecular flexibility index (Phi) is 1.62. The fraction of sp³-hybridized carbons (Fsp3) is 0.455. The summed E-state index contributed by atoms with van der Waals surface area (Å²) in [5, 5.41) is 9.23. The van der Waals surface area contributed by atoms with Gasteiger partial charge >= 0.3 is 0 Å². The molecule has 0 aromatic heterocycles. The summed E-state index contributed by atoms with van der Waals surface area (Å²) >= 11 is 0. The number of fused-ring (bicyclic) bond motifs is 1. The summed E-state index contributed by atoms with van der Waals surface area (Å²) in [6, 6.07) is 5.11. The molecule has 0 fully saturated rings. The molecule has 0 spiro atoms. The Hall–Kier alpha value is -1.05. The van der Waals surface area contributed by atoms with Crippen LogP contribution in [0.4, 0.5) is 4.39 Å². The first-order chi connectivity index (χ1) is 6.01. The highest BCUT2D eigenvalue weighted by Gasteiger charge is 2.39. The molecule has 0 bridgehead atoms. The number of halogens is 1. The number of alkyl halides is 1. The van der Waals surface area contributed by atoms with E-state index in [0.29, 0.717) is 6.42 Å². The third kappa shape index (κ3) is 1.12. The molecule has 0 amide bonds. The number of rotatable bonds is 0. The zero-order valence-electron chi connectivity index (χ0n) is 7.84. The van der Waals surface area contributed by atoms with Crippen molar-refractivity contribution in [1.82, 2.24) is 0 Å². The molecule has 1 aliphatic rings. The van der Waals surface area contributed by atoms with Gasteiger partial charge in [-0.1, -0.05) is 19.9 Å². The fourth-order valence-electron chi connectivity index (χ4n) is 1.99. The van der Waals surface area contributed by atoms with Crippen LogP contribution in [0.2, 0.25) is 0 Å². The lowest BCUT2D eigenvalue weighted by molar-refractivity contribution is 0.237. The summed E-state index contributed by atoms with van der Waals surface area (Å²) in [5.41, 5.74) is 1.57. The van der Waals surface area contributed by atoms with E-state index in [-0.39, 0.29) is 5.75 Å². The summed E-state index contributed by atoms with van der Waals surface area (Å²) in [4.78, 5) is 0. The van der Waals surface area contributed by atoms with E-state index in [0.717, 1.165) is 11.1 Å². The number of phenolic OH excluding ortho intramolecular Hbond substituents is 1. The minimum Gasteiger partial charge on any atom is -0.508 e. The Bertz CT molecular complexity index is 344. The van der Waals surface area contributed by atoms with Crippen molar-refractivity contribution in [2.24, 2.45) is 0 Å². The van der Waals surface area contributed by atoms with E-state index in [2.05, 4.69) is 0 Å². The van der Waals surface area contributed by atoms with E-state index in [1.807, 2.05) is 19.9 Å². The van der Waals surface area contributed by atoms with Gasteiger partial charge in [0.1, 0.15) is 11.9 Å². The van der Waals surface area contributed by atoms with E-state index in [9.17, 15) is 9.50 Å². The van der Waals surface area contributed by atoms with Gasteiger partial charge in [0.2, 0.25) is 0 Å². The van der Waals surface area contributed by atoms with Crippen molar-refractivity contribution in [3.63, 3.8) is 0 Å². The van der Waals surface area contributed by atoms with Crippen LogP contribution in [-0.2, 0) is 11.8 Å². The quantitative estimate of drug-likeness (QED) is 0.650. The van der Waals surface area contributed by atoms with Gasteiger partial charge in [0, 0.05) is 11.8 Å². The average molecular weight is 180 g/mol. The van der Waals surface area contributed by atoms with Crippen molar-refractivity contribution in [1.29, 1.82) is 0 Å². The number of phenols is 1. The van der Waals surface area contributed by atoms with Crippen LogP contribution >= 0.6 is 0 Å². The van der Waals surface area contributed by atoms with Crippen LogP contribution in [-0.4, -0.2) is 11.3 Å². The first-order valence-electron chi connectivity index (χ1n) is 4.48. The van der Waals surface area contributed by atoms with E-state index in [1.165, 1.54) is 0 Å². The second-order valence-corrected chi connectivity index (χ2v) is 4.23. The van der Waals surface area contributed by atoms with Gasteiger partial charge in [0.25, 0.3) is 0 Å². The molecule has 1 aliphatic carbocycles. The van der Waals surface area contributed by atoms with Gasteiger partial charge < -0.3 is 5.11 Å². The second kappa shape index (κ2) is 2.47. The molecular weight excluding hydrogens is 167 g/mol. The zero-order chi connectivity index (χ0) is 9.64. The van der Waals surface area contributed by atoms with Crippen LogP contribution in [0.1, 0.15) is 25.0 Å². The molecule has 13 heavy (non-hydrogen) atoms. The highest BCUT2D eigenvalue weighted by atomic mass is 19.1. The Labute approximate surface area is 77.2 Å². The van der Waals surface area contributed by atoms with Crippen molar-refractivity contribution in [3.8, 4) is 5.75 Å². The fourth-order valence-corrected chi connectivity index (χ4v) is 1.99. The summed E-state index contributed by atoms with van der Waals surface area (Å²) in [5.74, 6) is 0.226. The smallest absolute Gasteiger partial charge is 0.115 e. The molecule has 1 N–H and O–H groups in total. The summed E-state index contributed by atoms with van der Waals surface area (Å²) in [6.45, 7) is 3.81. The third-order valence-electron chi connectivity index (χ3n) is 2.97. The van der Waals surface area contributed by atoms with E-state index in [4.69, 9.17) is 0 Å². The van der Waals surface area contributed by atoms with Crippen LogP contribution in [0.5, 0.6) is 5.75 Å². The van der Waals surface area contributed by atoms with Crippen molar-refractivity contribution in [3.05, 3.63) is 29.3 Å². The van der Waals surface area contributed by atoms with Crippen LogP contribution in [0.25, 0.3) is 0 Å². The van der Waals surface area contributed by atoms with Crippen molar-refractivity contribution < 1.29 is 9.50 Å². The number of aromatic hydroxyl groups is 1. The molecule has 1 nitrogen and oxygen atoms in total. The second-order valence-electron chi connectivity index (χ2n) is 4.23. The van der Waals surface area contributed by atoms with E-state index < -0.39 is 11.6 Å². The van der Waals surface area contributed by atoms with Crippen LogP contribution in [0, 0.1) is 0 Å².